The Kier molecular flexibility index (Phi) is 7.71. The fraction of sp³-hybridized carbons (Fsp3) is 0.0690. The SMILES string of the molecule is CC1c2ccc(-c3ccc4c(c3)c3ccccc3n4-c3ccc4c5ccccc5c5ccccc5c4c3)cc2-c2ccccc2CC1c1ccc(-c2ccccc2)cc1. The molecule has 11 aromatic rings. The lowest BCUT2D eigenvalue weighted by molar-refractivity contribution is 0.579. The van der Waals surface area contributed by atoms with Gasteiger partial charge < -0.3 is 4.57 Å². The predicted molar refractivity (Wildman–Crippen MR) is 251 cm³/mol. The molecule has 0 N–H and O–H groups in total. The number of hydrogen-bond acceptors (Lipinski definition) is 0. The summed E-state index contributed by atoms with van der Waals surface area (Å²) >= 11 is 0. The van der Waals surface area contributed by atoms with Crippen molar-refractivity contribution in [1.82, 2.24) is 4.57 Å². The zero-order chi connectivity index (χ0) is 39.0. The van der Waals surface area contributed by atoms with Gasteiger partial charge in [-0.1, -0.05) is 177 Å². The first-order valence-corrected chi connectivity index (χ1v) is 20.9. The van der Waals surface area contributed by atoms with Gasteiger partial charge >= 0.3 is 0 Å². The molecule has 1 aliphatic carbocycles. The molecule has 2 atom stereocenters. The third-order valence-electron chi connectivity index (χ3n) is 13.3. The normalized spacial score (nSPS) is 15.1. The Morgan fingerprint density at radius 2 is 0.932 bits per heavy atom. The van der Waals surface area contributed by atoms with Crippen LogP contribution >= 0.6 is 0 Å². The highest BCUT2D eigenvalue weighted by Gasteiger charge is 2.29. The number of para-hydroxylation sites is 1. The highest BCUT2D eigenvalue weighted by molar-refractivity contribution is 6.25. The lowest BCUT2D eigenvalue weighted by atomic mass is 9.79. The first-order chi connectivity index (χ1) is 29.2. The van der Waals surface area contributed by atoms with E-state index in [2.05, 4.69) is 218 Å². The second-order valence-electron chi connectivity index (χ2n) is 16.5. The van der Waals surface area contributed by atoms with E-state index in [1.165, 1.54) is 110 Å². The molecule has 1 heterocycles. The van der Waals surface area contributed by atoms with E-state index in [4.69, 9.17) is 0 Å². The summed E-state index contributed by atoms with van der Waals surface area (Å²) in [4.78, 5) is 0. The van der Waals surface area contributed by atoms with Crippen molar-refractivity contribution in [2.24, 2.45) is 0 Å². The first-order valence-electron chi connectivity index (χ1n) is 20.9. The standard InChI is InChI=1S/C58H41N/c1-37-45-30-27-41(33-54(45)46-16-6-5-15-43(46)35-53(37)40-25-23-39(24-26-40)38-13-3-2-4-14-38)42-28-32-58-56(34-42)52-21-11-12-22-57(52)59(58)44-29-31-51-49-19-8-7-17-47(49)48-18-9-10-20-50(48)55(51)36-44/h2-34,36-37,53H,35H2,1H3. The van der Waals surface area contributed by atoms with Gasteiger partial charge in [0.25, 0.3) is 0 Å². The van der Waals surface area contributed by atoms with E-state index in [1.807, 2.05) is 0 Å². The van der Waals surface area contributed by atoms with Gasteiger partial charge in [-0.05, 0) is 137 Å². The summed E-state index contributed by atoms with van der Waals surface area (Å²) in [5.74, 6) is 0.730. The third-order valence-corrected chi connectivity index (χ3v) is 13.3. The van der Waals surface area contributed by atoms with Gasteiger partial charge in [-0.15, -0.1) is 0 Å². The van der Waals surface area contributed by atoms with Crippen molar-refractivity contribution in [2.75, 3.05) is 0 Å². The molecule has 12 rings (SSSR count). The van der Waals surface area contributed by atoms with Crippen LogP contribution in [0.1, 0.15) is 35.4 Å². The summed E-state index contributed by atoms with van der Waals surface area (Å²) in [6.07, 6.45) is 1.01. The van der Waals surface area contributed by atoms with Gasteiger partial charge in [0.1, 0.15) is 0 Å². The van der Waals surface area contributed by atoms with Crippen molar-refractivity contribution in [3.63, 3.8) is 0 Å². The zero-order valence-corrected chi connectivity index (χ0v) is 32.9. The van der Waals surface area contributed by atoms with Crippen LogP contribution < -0.4 is 0 Å². The molecule has 0 amide bonds. The topological polar surface area (TPSA) is 4.93 Å². The second-order valence-corrected chi connectivity index (χ2v) is 16.5. The van der Waals surface area contributed by atoms with E-state index in [9.17, 15) is 0 Å². The van der Waals surface area contributed by atoms with E-state index >= 15 is 0 Å². The monoisotopic (exact) mass is 751 g/mol. The highest BCUT2D eigenvalue weighted by Crippen LogP contribution is 2.47. The van der Waals surface area contributed by atoms with Crippen molar-refractivity contribution >= 4 is 54.1 Å². The smallest absolute Gasteiger partial charge is 0.0541 e. The van der Waals surface area contributed by atoms with E-state index in [-0.39, 0.29) is 0 Å². The Balaban J connectivity index is 0.973. The average molecular weight is 752 g/mol. The lowest BCUT2D eigenvalue weighted by Crippen LogP contribution is -2.10. The number of nitrogens with zero attached hydrogens (tertiary/aromatic N) is 1. The highest BCUT2D eigenvalue weighted by atomic mass is 15.0. The molecule has 2 unspecified atom stereocenters. The Morgan fingerprint density at radius 1 is 0.373 bits per heavy atom. The average Bonchev–Trinajstić information content (AvgIpc) is 3.58. The molecule has 10 aromatic carbocycles. The maximum atomic E-state index is 2.46. The quantitative estimate of drug-likeness (QED) is 0.158. The summed E-state index contributed by atoms with van der Waals surface area (Å²) in [6, 6.07) is 77.0. The summed E-state index contributed by atoms with van der Waals surface area (Å²) < 4.78 is 2.46. The Morgan fingerprint density at radius 3 is 1.69 bits per heavy atom. The zero-order valence-electron chi connectivity index (χ0n) is 32.9. The van der Waals surface area contributed by atoms with Gasteiger partial charge in [-0.3, -0.25) is 0 Å². The predicted octanol–water partition coefficient (Wildman–Crippen LogP) is 15.7. The number of rotatable bonds is 4. The number of aromatic nitrogens is 1. The molecule has 59 heavy (non-hydrogen) atoms. The molecule has 0 fully saturated rings. The molecular weight excluding hydrogens is 711 g/mol. The molecule has 0 radical (unpaired) electrons. The van der Waals surface area contributed by atoms with Gasteiger partial charge in [-0.2, -0.15) is 0 Å². The van der Waals surface area contributed by atoms with Crippen LogP contribution in [0.15, 0.2) is 206 Å². The summed E-state index contributed by atoms with van der Waals surface area (Å²) in [5.41, 5.74) is 15.6. The molecule has 278 valence electrons. The van der Waals surface area contributed by atoms with Gasteiger partial charge in [0, 0.05) is 16.5 Å². The molecule has 0 spiro atoms. The number of hydrogen-bond donors (Lipinski definition) is 0. The molecule has 0 aliphatic heterocycles. The van der Waals surface area contributed by atoms with Crippen molar-refractivity contribution in [2.45, 2.75) is 25.2 Å². The minimum Gasteiger partial charge on any atom is -0.309 e. The van der Waals surface area contributed by atoms with Crippen molar-refractivity contribution in [3.8, 4) is 39.1 Å². The fourth-order valence-electron chi connectivity index (χ4n) is 10.4. The van der Waals surface area contributed by atoms with Crippen molar-refractivity contribution in [3.05, 3.63) is 223 Å². The minimum absolute atomic E-state index is 0.353. The molecule has 1 nitrogen and oxygen atoms in total. The summed E-state index contributed by atoms with van der Waals surface area (Å²) in [6.45, 7) is 2.43. The van der Waals surface area contributed by atoms with Gasteiger partial charge in [-0.25, -0.2) is 0 Å². The van der Waals surface area contributed by atoms with E-state index in [1.54, 1.807) is 0 Å². The molecule has 1 aromatic heterocycles. The van der Waals surface area contributed by atoms with Crippen LogP contribution in [-0.4, -0.2) is 4.57 Å². The molecule has 0 saturated carbocycles. The number of benzene rings is 10. The Hall–Kier alpha value is -7.22. The lowest BCUT2D eigenvalue weighted by Gasteiger charge is -2.24. The summed E-state index contributed by atoms with van der Waals surface area (Å²) in [5, 5.41) is 10.3. The number of fused-ring (bicyclic) bond motifs is 12. The van der Waals surface area contributed by atoms with E-state index in [0.29, 0.717) is 11.8 Å². The van der Waals surface area contributed by atoms with E-state index < -0.39 is 0 Å². The Bertz CT molecular complexity index is 3390. The molecule has 0 saturated heterocycles. The van der Waals surface area contributed by atoms with Crippen LogP contribution in [-0.2, 0) is 6.42 Å². The van der Waals surface area contributed by atoms with Crippen LogP contribution in [0.4, 0.5) is 0 Å². The molecule has 1 aliphatic rings. The van der Waals surface area contributed by atoms with Gasteiger partial charge in [0.05, 0.1) is 11.0 Å². The minimum atomic E-state index is 0.353. The van der Waals surface area contributed by atoms with Crippen molar-refractivity contribution < 1.29 is 0 Å². The van der Waals surface area contributed by atoms with Gasteiger partial charge in [0.15, 0.2) is 0 Å². The van der Waals surface area contributed by atoms with Crippen LogP contribution in [0.2, 0.25) is 0 Å². The summed E-state index contributed by atoms with van der Waals surface area (Å²) in [7, 11) is 0. The maximum Gasteiger partial charge on any atom is 0.0541 e. The first kappa shape index (κ1) is 33.9. The maximum absolute atomic E-state index is 2.46. The van der Waals surface area contributed by atoms with Crippen molar-refractivity contribution in [1.29, 1.82) is 0 Å². The largest absolute Gasteiger partial charge is 0.309 e. The fourth-order valence-corrected chi connectivity index (χ4v) is 10.4. The second kappa shape index (κ2) is 13.4. The molecular formula is C58H41N. The van der Waals surface area contributed by atoms with Crippen LogP contribution in [0.3, 0.4) is 0 Å². The molecule has 1 heteroatoms. The molecule has 0 bridgehead atoms. The Labute approximate surface area is 344 Å². The van der Waals surface area contributed by atoms with E-state index in [0.717, 1.165) is 6.42 Å². The van der Waals surface area contributed by atoms with Crippen LogP contribution in [0.5, 0.6) is 0 Å². The van der Waals surface area contributed by atoms with Crippen LogP contribution in [0, 0.1) is 0 Å². The van der Waals surface area contributed by atoms with Gasteiger partial charge in [0.2, 0.25) is 0 Å². The third kappa shape index (κ3) is 5.39. The van der Waals surface area contributed by atoms with Crippen LogP contribution in [0.25, 0.3) is 93.2 Å².